The highest BCUT2D eigenvalue weighted by atomic mass is 16.3. The summed E-state index contributed by atoms with van der Waals surface area (Å²) in [5.74, 6) is 0.414. The lowest BCUT2D eigenvalue weighted by atomic mass is 9.71. The average Bonchev–Trinajstić information content (AvgIpc) is 2.13. The van der Waals surface area contributed by atoms with E-state index in [1.807, 2.05) is 0 Å². The van der Waals surface area contributed by atoms with Crippen LogP contribution in [-0.4, -0.2) is 10.7 Å². The fraction of sp³-hybridized carbons (Fsp3) is 0.917. The smallest absolute Gasteiger partial charge is 0.0807 e. The van der Waals surface area contributed by atoms with Crippen molar-refractivity contribution in [2.45, 2.75) is 58.0 Å². The van der Waals surface area contributed by atoms with Gasteiger partial charge in [0.2, 0.25) is 0 Å². The molecule has 0 aliphatic heterocycles. The second-order valence-corrected chi connectivity index (χ2v) is 4.78. The molecule has 2 heteroatoms. The fourth-order valence-corrected chi connectivity index (χ4v) is 2.62. The van der Waals surface area contributed by atoms with E-state index >= 15 is 0 Å². The fourth-order valence-electron chi connectivity index (χ4n) is 2.62. The van der Waals surface area contributed by atoms with Crippen LogP contribution in [0.2, 0.25) is 0 Å². The first-order valence-electron chi connectivity index (χ1n) is 5.74. The van der Waals surface area contributed by atoms with E-state index in [9.17, 15) is 5.11 Å². The van der Waals surface area contributed by atoms with Gasteiger partial charge in [-0.3, -0.25) is 0 Å². The van der Waals surface area contributed by atoms with E-state index < -0.39 is 5.60 Å². The molecule has 0 bridgehead atoms. The Balaban J connectivity index is 2.66. The standard InChI is InChI=1S/C12H21NO/c1-3-5-11(9-13)12(14)7-4-6-10(2)8-12/h10-11,14H,3-8H2,1-2H3. The zero-order chi connectivity index (χ0) is 10.6. The lowest BCUT2D eigenvalue weighted by Crippen LogP contribution is -2.41. The minimum Gasteiger partial charge on any atom is -0.389 e. The normalized spacial score (nSPS) is 34.9. The van der Waals surface area contributed by atoms with Gasteiger partial charge in [-0.15, -0.1) is 0 Å². The van der Waals surface area contributed by atoms with Gasteiger partial charge in [0.15, 0.2) is 0 Å². The highest BCUT2D eigenvalue weighted by Gasteiger charge is 2.39. The summed E-state index contributed by atoms with van der Waals surface area (Å²) in [4.78, 5) is 0. The van der Waals surface area contributed by atoms with Gasteiger partial charge in [-0.05, 0) is 25.2 Å². The monoisotopic (exact) mass is 195 g/mol. The summed E-state index contributed by atoms with van der Waals surface area (Å²) < 4.78 is 0. The third-order valence-corrected chi connectivity index (χ3v) is 3.39. The molecule has 1 rings (SSSR count). The number of hydrogen-bond donors (Lipinski definition) is 1. The Morgan fingerprint density at radius 2 is 2.36 bits per heavy atom. The second kappa shape index (κ2) is 4.79. The lowest BCUT2D eigenvalue weighted by Gasteiger charge is -2.38. The molecule has 80 valence electrons. The Morgan fingerprint density at radius 3 is 2.86 bits per heavy atom. The SMILES string of the molecule is CCCC(C#N)C1(O)CCCC(C)C1. The molecular formula is C12H21NO. The van der Waals surface area contributed by atoms with Crippen LogP contribution >= 0.6 is 0 Å². The Labute approximate surface area is 86.9 Å². The van der Waals surface area contributed by atoms with Gasteiger partial charge < -0.3 is 5.11 Å². The van der Waals surface area contributed by atoms with Crippen molar-refractivity contribution in [3.05, 3.63) is 0 Å². The largest absolute Gasteiger partial charge is 0.389 e. The van der Waals surface area contributed by atoms with Crippen molar-refractivity contribution in [3.63, 3.8) is 0 Å². The number of nitrogens with zero attached hydrogens (tertiary/aromatic N) is 1. The molecule has 3 atom stereocenters. The van der Waals surface area contributed by atoms with Crippen LogP contribution in [0.1, 0.15) is 52.4 Å². The van der Waals surface area contributed by atoms with E-state index in [-0.39, 0.29) is 5.92 Å². The Bertz CT molecular complexity index is 221. The van der Waals surface area contributed by atoms with E-state index in [2.05, 4.69) is 19.9 Å². The molecule has 14 heavy (non-hydrogen) atoms. The molecule has 1 N–H and O–H groups in total. The van der Waals surface area contributed by atoms with Crippen LogP contribution in [0.25, 0.3) is 0 Å². The zero-order valence-electron chi connectivity index (χ0n) is 9.29. The van der Waals surface area contributed by atoms with Crippen molar-refractivity contribution in [2.75, 3.05) is 0 Å². The van der Waals surface area contributed by atoms with Gasteiger partial charge in [-0.2, -0.15) is 5.26 Å². The molecule has 0 amide bonds. The minimum atomic E-state index is -0.692. The average molecular weight is 195 g/mol. The number of aliphatic hydroxyl groups is 1. The van der Waals surface area contributed by atoms with Crippen LogP contribution in [0.15, 0.2) is 0 Å². The number of rotatable bonds is 3. The molecule has 1 aliphatic rings. The van der Waals surface area contributed by atoms with Gasteiger partial charge in [-0.25, -0.2) is 0 Å². The molecule has 0 radical (unpaired) electrons. The third-order valence-electron chi connectivity index (χ3n) is 3.39. The van der Waals surface area contributed by atoms with Crippen LogP contribution in [0, 0.1) is 23.2 Å². The van der Waals surface area contributed by atoms with Gasteiger partial charge in [-0.1, -0.05) is 33.1 Å². The number of nitriles is 1. The summed E-state index contributed by atoms with van der Waals surface area (Å²) in [6, 6.07) is 2.28. The van der Waals surface area contributed by atoms with Crippen LogP contribution in [-0.2, 0) is 0 Å². The van der Waals surface area contributed by atoms with E-state index in [0.29, 0.717) is 5.92 Å². The van der Waals surface area contributed by atoms with Crippen LogP contribution in [0.5, 0.6) is 0 Å². The molecule has 0 spiro atoms. The molecule has 0 aromatic heterocycles. The molecule has 2 nitrogen and oxygen atoms in total. The van der Waals surface area contributed by atoms with Gasteiger partial charge in [0.25, 0.3) is 0 Å². The quantitative estimate of drug-likeness (QED) is 0.752. The second-order valence-electron chi connectivity index (χ2n) is 4.78. The van der Waals surface area contributed by atoms with Crippen molar-refractivity contribution in [2.24, 2.45) is 11.8 Å². The van der Waals surface area contributed by atoms with Crippen molar-refractivity contribution < 1.29 is 5.11 Å². The highest BCUT2D eigenvalue weighted by Crippen LogP contribution is 2.38. The summed E-state index contributed by atoms with van der Waals surface area (Å²) >= 11 is 0. The van der Waals surface area contributed by atoms with Gasteiger partial charge in [0, 0.05) is 0 Å². The molecule has 1 saturated carbocycles. The minimum absolute atomic E-state index is 0.157. The van der Waals surface area contributed by atoms with Crippen molar-refractivity contribution in [3.8, 4) is 6.07 Å². The molecule has 0 heterocycles. The van der Waals surface area contributed by atoms with Crippen molar-refractivity contribution in [1.29, 1.82) is 5.26 Å². The van der Waals surface area contributed by atoms with Crippen LogP contribution < -0.4 is 0 Å². The summed E-state index contributed by atoms with van der Waals surface area (Å²) in [5.41, 5.74) is -0.692. The molecule has 1 aliphatic carbocycles. The molecular weight excluding hydrogens is 174 g/mol. The van der Waals surface area contributed by atoms with Gasteiger partial charge >= 0.3 is 0 Å². The first-order chi connectivity index (χ1) is 6.62. The first kappa shape index (κ1) is 11.5. The van der Waals surface area contributed by atoms with Gasteiger partial charge in [0.05, 0.1) is 17.6 Å². The topological polar surface area (TPSA) is 44.0 Å². The van der Waals surface area contributed by atoms with Crippen molar-refractivity contribution >= 4 is 0 Å². The van der Waals surface area contributed by atoms with E-state index in [4.69, 9.17) is 5.26 Å². The Morgan fingerprint density at radius 1 is 1.64 bits per heavy atom. The third kappa shape index (κ3) is 2.48. The maximum absolute atomic E-state index is 10.4. The molecule has 0 aromatic rings. The molecule has 0 saturated heterocycles. The Kier molecular flexibility index (Phi) is 3.95. The lowest BCUT2D eigenvalue weighted by molar-refractivity contribution is -0.0476. The van der Waals surface area contributed by atoms with Gasteiger partial charge in [0.1, 0.15) is 0 Å². The van der Waals surface area contributed by atoms with Crippen molar-refractivity contribution in [1.82, 2.24) is 0 Å². The highest BCUT2D eigenvalue weighted by molar-refractivity contribution is 5.00. The Hall–Kier alpha value is -0.550. The maximum atomic E-state index is 10.4. The van der Waals surface area contributed by atoms with E-state index in [1.54, 1.807) is 0 Å². The predicted molar refractivity (Wildman–Crippen MR) is 56.6 cm³/mol. The van der Waals surface area contributed by atoms with Crippen LogP contribution in [0.4, 0.5) is 0 Å². The maximum Gasteiger partial charge on any atom is 0.0807 e. The number of hydrogen-bond acceptors (Lipinski definition) is 2. The molecule has 3 unspecified atom stereocenters. The summed E-state index contributed by atoms with van der Waals surface area (Å²) in [6.07, 6.45) is 5.71. The van der Waals surface area contributed by atoms with Crippen LogP contribution in [0.3, 0.4) is 0 Å². The molecule has 1 fully saturated rings. The first-order valence-corrected chi connectivity index (χ1v) is 5.74. The summed E-state index contributed by atoms with van der Waals surface area (Å²) in [6.45, 7) is 4.24. The predicted octanol–water partition coefficient (Wildman–Crippen LogP) is 2.87. The molecule has 0 aromatic carbocycles. The summed E-state index contributed by atoms with van der Waals surface area (Å²) in [5, 5.41) is 19.5. The summed E-state index contributed by atoms with van der Waals surface area (Å²) in [7, 11) is 0. The van der Waals surface area contributed by atoms with E-state index in [0.717, 1.165) is 32.1 Å². The zero-order valence-corrected chi connectivity index (χ0v) is 9.29. The van der Waals surface area contributed by atoms with E-state index in [1.165, 1.54) is 6.42 Å².